The fraction of sp³-hybridized carbons (Fsp3) is 0.250. The second-order valence-corrected chi connectivity index (χ2v) is 6.08. The highest BCUT2D eigenvalue weighted by molar-refractivity contribution is 7.90. The van der Waals surface area contributed by atoms with Crippen LogP contribution in [-0.4, -0.2) is 13.4 Å². The molecule has 2 aromatic heterocycles. The van der Waals surface area contributed by atoms with E-state index in [4.69, 9.17) is 16.0 Å². The van der Waals surface area contributed by atoms with Crippen molar-refractivity contribution in [3.63, 3.8) is 0 Å². The van der Waals surface area contributed by atoms with Crippen molar-refractivity contribution >= 4 is 33.8 Å². The van der Waals surface area contributed by atoms with Crippen molar-refractivity contribution in [3.05, 3.63) is 47.7 Å². The minimum atomic E-state index is -3.44. The molecule has 0 aliphatic carbocycles. The van der Waals surface area contributed by atoms with Gasteiger partial charge in [-0.1, -0.05) is 0 Å². The Bertz CT molecular complexity index is 639. The Labute approximate surface area is 123 Å². The summed E-state index contributed by atoms with van der Waals surface area (Å²) in [5.74, 6) is 0.446. The summed E-state index contributed by atoms with van der Waals surface area (Å²) in [5.41, 5.74) is 1.18. The number of furan rings is 1. The Morgan fingerprint density at radius 2 is 2.11 bits per heavy atom. The summed E-state index contributed by atoms with van der Waals surface area (Å²) in [6, 6.07) is 4.79. The number of rotatable bonds is 4. The average Bonchev–Trinajstić information content (AvgIpc) is 2.81. The van der Waals surface area contributed by atoms with Crippen molar-refractivity contribution in [1.82, 2.24) is 4.98 Å². The maximum absolute atomic E-state index is 12.3. The standard InChI is InChI=1S/C12H12ClNO3S.ClH/c1-9-11(7-13)14-5-4-12(9)18(15,16)8-10-3-2-6-17-10;/h2-6H,7-8H2,1H3;1H. The third-order valence-electron chi connectivity index (χ3n) is 2.63. The number of pyridine rings is 1. The van der Waals surface area contributed by atoms with E-state index in [1.165, 1.54) is 18.5 Å². The lowest BCUT2D eigenvalue weighted by Gasteiger charge is -2.08. The molecule has 0 N–H and O–H groups in total. The highest BCUT2D eigenvalue weighted by Gasteiger charge is 2.20. The van der Waals surface area contributed by atoms with Gasteiger partial charge in [-0.05, 0) is 30.7 Å². The summed E-state index contributed by atoms with van der Waals surface area (Å²) in [5, 5.41) is 0. The minimum absolute atomic E-state index is 0. The molecule has 0 saturated carbocycles. The predicted octanol–water partition coefficient (Wildman–Crippen LogP) is 3.12. The molecule has 0 aromatic carbocycles. The zero-order chi connectivity index (χ0) is 13.2. The lowest BCUT2D eigenvalue weighted by atomic mass is 10.2. The molecule has 2 rings (SSSR count). The van der Waals surface area contributed by atoms with Crippen LogP contribution in [0, 0.1) is 6.92 Å². The molecular formula is C12H13Cl2NO3S. The monoisotopic (exact) mass is 321 g/mol. The number of alkyl halides is 1. The van der Waals surface area contributed by atoms with Crippen molar-refractivity contribution in [2.45, 2.75) is 23.5 Å². The molecule has 2 heterocycles. The highest BCUT2D eigenvalue weighted by Crippen LogP contribution is 2.22. The number of halogens is 2. The molecule has 19 heavy (non-hydrogen) atoms. The molecule has 0 fully saturated rings. The second-order valence-electron chi connectivity index (χ2n) is 3.85. The van der Waals surface area contributed by atoms with E-state index in [1.54, 1.807) is 19.1 Å². The first-order valence-corrected chi connectivity index (χ1v) is 7.49. The van der Waals surface area contributed by atoms with Gasteiger partial charge in [0.15, 0.2) is 9.84 Å². The average molecular weight is 322 g/mol. The summed E-state index contributed by atoms with van der Waals surface area (Å²) in [6.45, 7) is 1.71. The zero-order valence-electron chi connectivity index (χ0n) is 10.2. The summed E-state index contributed by atoms with van der Waals surface area (Å²) < 4.78 is 29.6. The number of nitrogens with zero attached hydrogens (tertiary/aromatic N) is 1. The SMILES string of the molecule is Cc1c(S(=O)(=O)Cc2ccco2)ccnc1CCl.Cl. The normalized spacial score (nSPS) is 11.1. The fourth-order valence-corrected chi connectivity index (χ4v) is 3.51. The molecule has 104 valence electrons. The van der Waals surface area contributed by atoms with Gasteiger partial charge in [-0.15, -0.1) is 24.0 Å². The van der Waals surface area contributed by atoms with E-state index in [2.05, 4.69) is 4.98 Å². The molecule has 0 radical (unpaired) electrons. The molecule has 2 aromatic rings. The van der Waals surface area contributed by atoms with Gasteiger partial charge in [0.2, 0.25) is 0 Å². The Morgan fingerprint density at radius 3 is 2.68 bits per heavy atom. The fourth-order valence-electron chi connectivity index (χ4n) is 1.69. The third-order valence-corrected chi connectivity index (χ3v) is 4.66. The summed E-state index contributed by atoms with van der Waals surface area (Å²) in [4.78, 5) is 4.30. The Balaban J connectivity index is 0.00000180. The zero-order valence-corrected chi connectivity index (χ0v) is 12.6. The van der Waals surface area contributed by atoms with Gasteiger partial charge in [-0.25, -0.2) is 8.42 Å². The Morgan fingerprint density at radius 1 is 1.37 bits per heavy atom. The van der Waals surface area contributed by atoms with Crippen LogP contribution in [0.25, 0.3) is 0 Å². The van der Waals surface area contributed by atoms with Crippen LogP contribution < -0.4 is 0 Å². The van der Waals surface area contributed by atoms with Crippen LogP contribution in [0.5, 0.6) is 0 Å². The van der Waals surface area contributed by atoms with Gasteiger partial charge in [0, 0.05) is 6.20 Å². The molecule has 0 atom stereocenters. The number of hydrogen-bond donors (Lipinski definition) is 0. The van der Waals surface area contributed by atoms with E-state index < -0.39 is 9.84 Å². The topological polar surface area (TPSA) is 60.2 Å². The van der Waals surface area contributed by atoms with Crippen molar-refractivity contribution in [2.75, 3.05) is 0 Å². The Kier molecular flexibility index (Phi) is 5.40. The van der Waals surface area contributed by atoms with Crippen LogP contribution in [0.2, 0.25) is 0 Å². The van der Waals surface area contributed by atoms with Crippen LogP contribution in [0.3, 0.4) is 0 Å². The molecule has 0 bridgehead atoms. The highest BCUT2D eigenvalue weighted by atomic mass is 35.5. The summed E-state index contributed by atoms with van der Waals surface area (Å²) in [6.07, 6.45) is 2.91. The molecule has 0 saturated heterocycles. The number of aromatic nitrogens is 1. The number of hydrogen-bond acceptors (Lipinski definition) is 4. The second kappa shape index (κ2) is 6.41. The van der Waals surface area contributed by atoms with Gasteiger partial charge in [0.05, 0.1) is 22.7 Å². The van der Waals surface area contributed by atoms with Crippen LogP contribution in [0.1, 0.15) is 17.0 Å². The maximum Gasteiger partial charge on any atom is 0.186 e. The molecule has 0 spiro atoms. The third kappa shape index (κ3) is 3.49. The van der Waals surface area contributed by atoms with Crippen LogP contribution in [0.4, 0.5) is 0 Å². The van der Waals surface area contributed by atoms with Crippen LogP contribution >= 0.6 is 24.0 Å². The van der Waals surface area contributed by atoms with Crippen LogP contribution in [-0.2, 0) is 21.5 Å². The van der Waals surface area contributed by atoms with Gasteiger partial charge in [0.25, 0.3) is 0 Å². The van der Waals surface area contributed by atoms with E-state index >= 15 is 0 Å². The molecule has 4 nitrogen and oxygen atoms in total. The lowest BCUT2D eigenvalue weighted by Crippen LogP contribution is -2.08. The van der Waals surface area contributed by atoms with E-state index in [0.29, 0.717) is 17.0 Å². The largest absolute Gasteiger partial charge is 0.468 e. The van der Waals surface area contributed by atoms with Crippen LogP contribution in [0.15, 0.2) is 40.0 Å². The van der Waals surface area contributed by atoms with Gasteiger partial charge < -0.3 is 4.42 Å². The quantitative estimate of drug-likeness (QED) is 0.812. The Hall–Kier alpha value is -1.04. The molecule has 7 heteroatoms. The molecule has 0 aliphatic heterocycles. The number of sulfone groups is 1. The van der Waals surface area contributed by atoms with Crippen molar-refractivity contribution in [3.8, 4) is 0 Å². The van der Waals surface area contributed by atoms with Gasteiger partial charge in [-0.3, -0.25) is 4.98 Å². The van der Waals surface area contributed by atoms with E-state index in [9.17, 15) is 8.42 Å². The molecule has 0 aliphatic rings. The first kappa shape index (κ1) is 16.0. The van der Waals surface area contributed by atoms with E-state index in [-0.39, 0.29) is 28.9 Å². The minimum Gasteiger partial charge on any atom is -0.468 e. The maximum atomic E-state index is 12.3. The molecule has 0 unspecified atom stereocenters. The van der Waals surface area contributed by atoms with Crippen molar-refractivity contribution < 1.29 is 12.8 Å². The molecule has 0 amide bonds. The predicted molar refractivity (Wildman–Crippen MR) is 75.4 cm³/mol. The molecular weight excluding hydrogens is 309 g/mol. The lowest BCUT2D eigenvalue weighted by molar-refractivity contribution is 0.520. The van der Waals surface area contributed by atoms with E-state index in [0.717, 1.165) is 0 Å². The van der Waals surface area contributed by atoms with Gasteiger partial charge >= 0.3 is 0 Å². The summed E-state index contributed by atoms with van der Waals surface area (Å²) >= 11 is 5.72. The van der Waals surface area contributed by atoms with Gasteiger partial charge in [-0.2, -0.15) is 0 Å². The van der Waals surface area contributed by atoms with E-state index in [1.807, 2.05) is 0 Å². The smallest absolute Gasteiger partial charge is 0.186 e. The van der Waals surface area contributed by atoms with Crippen molar-refractivity contribution in [2.24, 2.45) is 0 Å². The first-order valence-electron chi connectivity index (χ1n) is 5.30. The summed E-state index contributed by atoms with van der Waals surface area (Å²) in [7, 11) is -3.44. The van der Waals surface area contributed by atoms with Gasteiger partial charge in [0.1, 0.15) is 11.5 Å². The first-order chi connectivity index (χ1) is 8.54. The van der Waals surface area contributed by atoms with Crippen molar-refractivity contribution in [1.29, 1.82) is 0 Å².